The largest absolute Gasteiger partial charge is 0.394 e. The van der Waals surface area contributed by atoms with Crippen molar-refractivity contribution in [1.29, 1.82) is 0 Å². The van der Waals surface area contributed by atoms with Crippen LogP contribution in [0.4, 0.5) is 0 Å². The van der Waals surface area contributed by atoms with E-state index in [4.69, 9.17) is 5.11 Å². The topological polar surface area (TPSA) is 83.6 Å². The summed E-state index contributed by atoms with van der Waals surface area (Å²) in [5, 5.41) is 13.1. The summed E-state index contributed by atoms with van der Waals surface area (Å²) in [6.07, 6.45) is 2.88. The SMILES string of the molecule is Cc1c(C(=O)N(C)C(C)CO)cnc2ncnn12. The first kappa shape index (κ1) is 12.4. The molecule has 7 nitrogen and oxygen atoms in total. The fraction of sp³-hybridized carbons (Fsp3) is 0.455. The third-order valence-corrected chi connectivity index (χ3v) is 3.02. The summed E-state index contributed by atoms with van der Waals surface area (Å²) in [7, 11) is 1.65. The summed E-state index contributed by atoms with van der Waals surface area (Å²) in [5.41, 5.74) is 1.13. The van der Waals surface area contributed by atoms with Gasteiger partial charge in [0.25, 0.3) is 11.7 Å². The van der Waals surface area contributed by atoms with Gasteiger partial charge < -0.3 is 10.0 Å². The zero-order valence-corrected chi connectivity index (χ0v) is 10.5. The molecule has 96 valence electrons. The van der Waals surface area contributed by atoms with E-state index in [0.717, 1.165) is 0 Å². The Hall–Kier alpha value is -2.02. The van der Waals surface area contributed by atoms with Crippen LogP contribution in [0.3, 0.4) is 0 Å². The van der Waals surface area contributed by atoms with Gasteiger partial charge in [-0.15, -0.1) is 0 Å². The van der Waals surface area contributed by atoms with Gasteiger partial charge in [-0.2, -0.15) is 10.1 Å². The minimum Gasteiger partial charge on any atom is -0.394 e. The number of carbonyl (C=O) groups excluding carboxylic acids is 1. The molecule has 2 heterocycles. The van der Waals surface area contributed by atoms with Crippen LogP contribution in [0.25, 0.3) is 5.78 Å². The number of aliphatic hydroxyl groups excluding tert-OH is 1. The molecule has 0 radical (unpaired) electrons. The van der Waals surface area contributed by atoms with Gasteiger partial charge in [-0.1, -0.05) is 0 Å². The number of aliphatic hydroxyl groups is 1. The normalized spacial score (nSPS) is 12.7. The van der Waals surface area contributed by atoms with Crippen LogP contribution in [0.5, 0.6) is 0 Å². The monoisotopic (exact) mass is 249 g/mol. The molecule has 0 aromatic carbocycles. The molecule has 1 amide bonds. The van der Waals surface area contributed by atoms with Gasteiger partial charge in [0.1, 0.15) is 6.33 Å². The molecular weight excluding hydrogens is 234 g/mol. The van der Waals surface area contributed by atoms with E-state index in [9.17, 15) is 4.79 Å². The smallest absolute Gasteiger partial charge is 0.257 e. The van der Waals surface area contributed by atoms with E-state index < -0.39 is 0 Å². The van der Waals surface area contributed by atoms with Crippen molar-refractivity contribution in [3.8, 4) is 0 Å². The maximum absolute atomic E-state index is 12.2. The highest BCUT2D eigenvalue weighted by Gasteiger charge is 2.20. The Labute approximate surface area is 104 Å². The Morgan fingerprint density at radius 3 is 2.94 bits per heavy atom. The molecule has 1 N–H and O–H groups in total. The summed E-state index contributed by atoms with van der Waals surface area (Å²) in [5.74, 6) is 0.265. The van der Waals surface area contributed by atoms with Gasteiger partial charge in [0.05, 0.1) is 23.9 Å². The van der Waals surface area contributed by atoms with Crippen molar-refractivity contribution < 1.29 is 9.90 Å². The van der Waals surface area contributed by atoms with Crippen molar-refractivity contribution in [3.63, 3.8) is 0 Å². The highest BCUT2D eigenvalue weighted by molar-refractivity contribution is 5.95. The second kappa shape index (κ2) is 4.69. The predicted octanol–water partition coefficient (Wildman–Crippen LogP) is -0.114. The van der Waals surface area contributed by atoms with Crippen molar-refractivity contribution >= 4 is 11.7 Å². The zero-order valence-electron chi connectivity index (χ0n) is 10.5. The third kappa shape index (κ3) is 1.92. The van der Waals surface area contributed by atoms with Crippen LogP contribution in [-0.4, -0.2) is 55.2 Å². The van der Waals surface area contributed by atoms with E-state index >= 15 is 0 Å². The number of amides is 1. The van der Waals surface area contributed by atoms with Gasteiger partial charge >= 0.3 is 0 Å². The number of likely N-dealkylation sites (N-methyl/N-ethyl adjacent to an activating group) is 1. The molecule has 2 aromatic heterocycles. The van der Waals surface area contributed by atoms with E-state index in [1.165, 1.54) is 21.9 Å². The molecule has 0 aliphatic carbocycles. The highest BCUT2D eigenvalue weighted by atomic mass is 16.3. The molecule has 0 saturated carbocycles. The Morgan fingerprint density at radius 1 is 1.56 bits per heavy atom. The average Bonchev–Trinajstić information content (AvgIpc) is 2.86. The summed E-state index contributed by atoms with van der Waals surface area (Å²) in [6, 6.07) is -0.247. The van der Waals surface area contributed by atoms with Gasteiger partial charge in [-0.05, 0) is 13.8 Å². The Bertz CT molecular complexity index is 580. The number of carbonyl (C=O) groups is 1. The summed E-state index contributed by atoms with van der Waals surface area (Å²) < 4.78 is 1.52. The quantitative estimate of drug-likeness (QED) is 0.820. The molecule has 0 aliphatic heterocycles. The van der Waals surface area contributed by atoms with Crippen molar-refractivity contribution in [2.75, 3.05) is 13.7 Å². The standard InChI is InChI=1S/C11H15N5O2/c1-7(5-17)15(3)10(18)9-4-12-11-13-6-14-16(11)8(9)2/h4,6-7,17H,5H2,1-3H3. The lowest BCUT2D eigenvalue weighted by atomic mass is 10.2. The second-order valence-electron chi connectivity index (χ2n) is 4.18. The van der Waals surface area contributed by atoms with Crippen LogP contribution >= 0.6 is 0 Å². The lowest BCUT2D eigenvalue weighted by Crippen LogP contribution is -2.37. The van der Waals surface area contributed by atoms with Gasteiger partial charge in [-0.25, -0.2) is 9.50 Å². The van der Waals surface area contributed by atoms with Crippen molar-refractivity contribution in [1.82, 2.24) is 24.5 Å². The first-order valence-electron chi connectivity index (χ1n) is 5.59. The number of fused-ring (bicyclic) bond motifs is 1. The number of rotatable bonds is 3. The molecule has 1 unspecified atom stereocenters. The lowest BCUT2D eigenvalue weighted by Gasteiger charge is -2.23. The first-order valence-corrected chi connectivity index (χ1v) is 5.59. The van der Waals surface area contributed by atoms with Crippen LogP contribution in [0.15, 0.2) is 12.5 Å². The van der Waals surface area contributed by atoms with E-state index in [1.807, 2.05) is 0 Å². The molecule has 18 heavy (non-hydrogen) atoms. The number of hydrogen-bond donors (Lipinski definition) is 1. The van der Waals surface area contributed by atoms with Crippen LogP contribution in [0, 0.1) is 6.92 Å². The van der Waals surface area contributed by atoms with E-state index in [-0.39, 0.29) is 18.6 Å². The van der Waals surface area contributed by atoms with Crippen LogP contribution < -0.4 is 0 Å². The molecule has 7 heteroatoms. The fourth-order valence-corrected chi connectivity index (χ4v) is 1.61. The molecule has 0 aliphatic rings. The molecule has 0 bridgehead atoms. The summed E-state index contributed by atoms with van der Waals surface area (Å²) in [4.78, 5) is 21.7. The van der Waals surface area contributed by atoms with E-state index in [1.54, 1.807) is 20.9 Å². The Kier molecular flexibility index (Phi) is 3.24. The van der Waals surface area contributed by atoms with Crippen molar-refractivity contribution in [3.05, 3.63) is 23.8 Å². The van der Waals surface area contributed by atoms with Gasteiger partial charge in [-0.3, -0.25) is 4.79 Å². The predicted molar refractivity (Wildman–Crippen MR) is 64.2 cm³/mol. The number of nitrogens with zero attached hydrogens (tertiary/aromatic N) is 5. The molecule has 0 spiro atoms. The minimum atomic E-state index is -0.247. The first-order chi connectivity index (χ1) is 8.56. The third-order valence-electron chi connectivity index (χ3n) is 3.02. The van der Waals surface area contributed by atoms with Crippen molar-refractivity contribution in [2.24, 2.45) is 0 Å². The Morgan fingerprint density at radius 2 is 2.28 bits per heavy atom. The lowest BCUT2D eigenvalue weighted by molar-refractivity contribution is 0.0680. The average molecular weight is 249 g/mol. The summed E-state index contributed by atoms with van der Waals surface area (Å²) >= 11 is 0. The number of aryl methyl sites for hydroxylation is 1. The van der Waals surface area contributed by atoms with Gasteiger partial charge in [0.15, 0.2) is 0 Å². The Balaban J connectivity index is 2.41. The molecule has 0 saturated heterocycles. The van der Waals surface area contributed by atoms with Crippen molar-refractivity contribution in [2.45, 2.75) is 19.9 Å². The zero-order chi connectivity index (χ0) is 13.3. The maximum atomic E-state index is 12.2. The number of aromatic nitrogens is 4. The second-order valence-corrected chi connectivity index (χ2v) is 4.18. The van der Waals surface area contributed by atoms with Crippen LogP contribution in [0.2, 0.25) is 0 Å². The molecule has 1 atom stereocenters. The molecule has 2 aromatic rings. The minimum absolute atomic E-state index is 0.0830. The van der Waals surface area contributed by atoms with E-state index in [0.29, 0.717) is 17.0 Å². The summed E-state index contributed by atoms with van der Waals surface area (Å²) in [6.45, 7) is 3.48. The van der Waals surface area contributed by atoms with Gasteiger partial charge in [0.2, 0.25) is 0 Å². The molecule has 2 rings (SSSR count). The van der Waals surface area contributed by atoms with E-state index in [2.05, 4.69) is 15.1 Å². The maximum Gasteiger partial charge on any atom is 0.257 e. The van der Waals surface area contributed by atoms with Gasteiger partial charge in [0, 0.05) is 13.2 Å². The molecular formula is C11H15N5O2. The molecule has 0 fully saturated rings. The highest BCUT2D eigenvalue weighted by Crippen LogP contribution is 2.11. The van der Waals surface area contributed by atoms with Crippen LogP contribution in [-0.2, 0) is 0 Å². The fourth-order valence-electron chi connectivity index (χ4n) is 1.61. The number of hydrogen-bond acceptors (Lipinski definition) is 5. The van der Waals surface area contributed by atoms with Crippen LogP contribution in [0.1, 0.15) is 23.0 Å².